The first-order chi connectivity index (χ1) is 9.58. The molecule has 0 aliphatic carbocycles. The number of halogens is 1. The lowest BCUT2D eigenvalue weighted by atomic mass is 9.82. The number of aryl methyl sites for hydroxylation is 1. The highest BCUT2D eigenvalue weighted by atomic mass is 35.5. The highest BCUT2D eigenvalue weighted by Gasteiger charge is 2.29. The van der Waals surface area contributed by atoms with Crippen molar-refractivity contribution in [3.05, 3.63) is 56.5 Å². The van der Waals surface area contributed by atoms with Crippen molar-refractivity contribution < 1.29 is 0 Å². The van der Waals surface area contributed by atoms with Gasteiger partial charge in [0, 0.05) is 22.2 Å². The Bertz CT molecular complexity index is 731. The molecule has 2 N–H and O–H groups in total. The van der Waals surface area contributed by atoms with Gasteiger partial charge < -0.3 is 5.10 Å². The van der Waals surface area contributed by atoms with Gasteiger partial charge in [-0.3, -0.25) is 9.89 Å². The van der Waals surface area contributed by atoms with Crippen LogP contribution in [0.4, 0.5) is 0 Å². The number of H-pyrrole nitrogens is 2. The molecular formula is C14H11ClN4O. The van der Waals surface area contributed by atoms with E-state index in [9.17, 15) is 15.3 Å². The van der Waals surface area contributed by atoms with E-state index < -0.39 is 11.8 Å². The standard InChI is InChI=1S/C14H11ClN4O/c1-8-12(14(20)19-18-8)13(10(6-16)7-17)9-2-4-11(15)5-3-9/h2-5,10,13H,1H3,(H2,18,19,20)/t13-/m0/s1. The Kier molecular flexibility index (Phi) is 3.93. The summed E-state index contributed by atoms with van der Waals surface area (Å²) in [4.78, 5) is 11.9. The van der Waals surface area contributed by atoms with Gasteiger partial charge in [0.15, 0.2) is 0 Å². The third-order valence-electron chi connectivity index (χ3n) is 3.16. The molecule has 0 bridgehead atoms. The molecule has 20 heavy (non-hydrogen) atoms. The van der Waals surface area contributed by atoms with Crippen molar-refractivity contribution in [2.24, 2.45) is 5.92 Å². The van der Waals surface area contributed by atoms with Gasteiger partial charge in [0.1, 0.15) is 5.92 Å². The van der Waals surface area contributed by atoms with Gasteiger partial charge in [0.2, 0.25) is 0 Å². The smallest absolute Gasteiger partial charge is 0.268 e. The number of rotatable bonds is 3. The van der Waals surface area contributed by atoms with Crippen molar-refractivity contribution >= 4 is 11.6 Å². The van der Waals surface area contributed by atoms with Crippen LogP contribution in [-0.2, 0) is 0 Å². The number of nitrogens with one attached hydrogen (secondary N) is 2. The summed E-state index contributed by atoms with van der Waals surface area (Å²) in [7, 11) is 0. The maximum atomic E-state index is 11.9. The van der Waals surface area contributed by atoms with Gasteiger partial charge in [-0.1, -0.05) is 23.7 Å². The summed E-state index contributed by atoms with van der Waals surface area (Å²) in [6.07, 6.45) is 0. The van der Waals surface area contributed by atoms with E-state index in [0.717, 1.165) is 0 Å². The molecule has 0 unspecified atom stereocenters. The SMILES string of the molecule is Cc1[nH][nH]c(=O)c1[C@@H](c1ccc(Cl)cc1)C(C#N)C#N. The molecule has 0 saturated carbocycles. The Morgan fingerprint density at radius 1 is 1.15 bits per heavy atom. The molecule has 0 aliphatic rings. The quantitative estimate of drug-likeness (QED) is 0.907. The molecule has 1 atom stereocenters. The monoisotopic (exact) mass is 286 g/mol. The van der Waals surface area contributed by atoms with Gasteiger partial charge in [0.05, 0.1) is 12.1 Å². The number of aromatic nitrogens is 2. The van der Waals surface area contributed by atoms with Crippen molar-refractivity contribution in [1.29, 1.82) is 10.5 Å². The molecule has 1 aromatic carbocycles. The van der Waals surface area contributed by atoms with Gasteiger partial charge in [-0.05, 0) is 24.6 Å². The van der Waals surface area contributed by atoms with E-state index in [1.54, 1.807) is 31.2 Å². The number of aromatic amines is 2. The summed E-state index contributed by atoms with van der Waals surface area (Å²) in [5, 5.41) is 24.1. The Morgan fingerprint density at radius 3 is 2.20 bits per heavy atom. The number of hydrogen-bond acceptors (Lipinski definition) is 3. The molecule has 1 aromatic heterocycles. The van der Waals surface area contributed by atoms with Crippen LogP contribution in [0, 0.1) is 35.5 Å². The highest BCUT2D eigenvalue weighted by molar-refractivity contribution is 6.30. The van der Waals surface area contributed by atoms with Gasteiger partial charge in [-0.25, -0.2) is 0 Å². The minimum atomic E-state index is -0.952. The summed E-state index contributed by atoms with van der Waals surface area (Å²) in [6.45, 7) is 1.72. The average Bonchev–Trinajstić information content (AvgIpc) is 2.77. The average molecular weight is 287 g/mol. The van der Waals surface area contributed by atoms with Crippen LogP contribution in [0.15, 0.2) is 29.1 Å². The van der Waals surface area contributed by atoms with E-state index in [0.29, 0.717) is 21.8 Å². The Morgan fingerprint density at radius 2 is 1.75 bits per heavy atom. The van der Waals surface area contributed by atoms with E-state index >= 15 is 0 Å². The van der Waals surface area contributed by atoms with Crippen molar-refractivity contribution in [1.82, 2.24) is 10.2 Å². The molecule has 2 aromatic rings. The molecule has 0 saturated heterocycles. The molecule has 6 heteroatoms. The predicted molar refractivity (Wildman–Crippen MR) is 74.2 cm³/mol. The normalized spacial score (nSPS) is 11.8. The molecule has 2 rings (SSSR count). The molecule has 100 valence electrons. The van der Waals surface area contributed by atoms with Crippen molar-refractivity contribution in [2.75, 3.05) is 0 Å². The number of nitrogens with zero attached hydrogens (tertiary/aromatic N) is 2. The van der Waals surface area contributed by atoms with Crippen LogP contribution >= 0.6 is 11.6 Å². The van der Waals surface area contributed by atoms with Crippen LogP contribution in [0.3, 0.4) is 0 Å². The first-order valence-corrected chi connectivity index (χ1v) is 6.28. The summed E-state index contributed by atoms with van der Waals surface area (Å²) < 4.78 is 0. The van der Waals surface area contributed by atoms with Crippen LogP contribution < -0.4 is 5.56 Å². The van der Waals surface area contributed by atoms with Crippen molar-refractivity contribution in [2.45, 2.75) is 12.8 Å². The van der Waals surface area contributed by atoms with E-state index in [1.165, 1.54) is 0 Å². The fourth-order valence-corrected chi connectivity index (χ4v) is 2.33. The molecular weight excluding hydrogens is 276 g/mol. The zero-order chi connectivity index (χ0) is 14.7. The lowest BCUT2D eigenvalue weighted by Gasteiger charge is -2.17. The fraction of sp³-hybridized carbons (Fsp3) is 0.214. The van der Waals surface area contributed by atoms with E-state index in [4.69, 9.17) is 11.6 Å². The van der Waals surface area contributed by atoms with Crippen molar-refractivity contribution in [3.63, 3.8) is 0 Å². The van der Waals surface area contributed by atoms with Crippen LogP contribution in [0.5, 0.6) is 0 Å². The maximum Gasteiger partial charge on any atom is 0.268 e. The zero-order valence-corrected chi connectivity index (χ0v) is 11.4. The van der Waals surface area contributed by atoms with Gasteiger partial charge in [-0.2, -0.15) is 10.5 Å². The number of nitriles is 2. The predicted octanol–water partition coefficient (Wildman–Crippen LogP) is 2.46. The summed E-state index contributed by atoms with van der Waals surface area (Å²) >= 11 is 5.85. The summed E-state index contributed by atoms with van der Waals surface area (Å²) in [6, 6.07) is 10.7. The Hall–Kier alpha value is -2.50. The first kappa shape index (κ1) is 13.9. The highest BCUT2D eigenvalue weighted by Crippen LogP contribution is 2.31. The van der Waals surface area contributed by atoms with Gasteiger partial charge in [-0.15, -0.1) is 0 Å². The minimum Gasteiger partial charge on any atom is -0.302 e. The molecule has 0 amide bonds. The zero-order valence-electron chi connectivity index (χ0n) is 10.6. The number of benzene rings is 1. The van der Waals surface area contributed by atoms with Crippen LogP contribution in [0.2, 0.25) is 5.02 Å². The topological polar surface area (TPSA) is 96.2 Å². The van der Waals surface area contributed by atoms with Gasteiger partial charge >= 0.3 is 0 Å². The van der Waals surface area contributed by atoms with Crippen LogP contribution in [0.25, 0.3) is 0 Å². The van der Waals surface area contributed by atoms with Crippen molar-refractivity contribution in [3.8, 4) is 12.1 Å². The van der Waals surface area contributed by atoms with E-state index in [1.807, 2.05) is 12.1 Å². The molecule has 0 radical (unpaired) electrons. The second kappa shape index (κ2) is 5.64. The lowest BCUT2D eigenvalue weighted by molar-refractivity contribution is 0.700. The molecule has 0 aliphatic heterocycles. The largest absolute Gasteiger partial charge is 0.302 e. The number of hydrogen-bond donors (Lipinski definition) is 2. The minimum absolute atomic E-state index is 0.321. The molecule has 1 heterocycles. The van der Waals surface area contributed by atoms with Crippen LogP contribution in [-0.4, -0.2) is 10.2 Å². The summed E-state index contributed by atoms with van der Waals surface area (Å²) in [5.74, 6) is -1.57. The molecule has 0 spiro atoms. The Balaban J connectivity index is 2.63. The molecule has 5 nitrogen and oxygen atoms in total. The third kappa shape index (κ3) is 2.45. The Labute approximate surface area is 120 Å². The lowest BCUT2D eigenvalue weighted by Crippen LogP contribution is -2.19. The summed E-state index contributed by atoms with van der Waals surface area (Å²) in [5.41, 5.74) is 1.40. The fourth-order valence-electron chi connectivity index (χ4n) is 2.20. The molecule has 0 fully saturated rings. The van der Waals surface area contributed by atoms with E-state index in [-0.39, 0.29) is 5.56 Å². The maximum absolute atomic E-state index is 11.9. The first-order valence-electron chi connectivity index (χ1n) is 5.90. The van der Waals surface area contributed by atoms with E-state index in [2.05, 4.69) is 10.2 Å². The second-order valence-electron chi connectivity index (χ2n) is 4.38. The van der Waals surface area contributed by atoms with Crippen LogP contribution in [0.1, 0.15) is 22.7 Å². The second-order valence-corrected chi connectivity index (χ2v) is 4.82. The van der Waals surface area contributed by atoms with Gasteiger partial charge in [0.25, 0.3) is 5.56 Å². The third-order valence-corrected chi connectivity index (χ3v) is 3.42.